The fourth-order valence-electron chi connectivity index (χ4n) is 3.84. The predicted molar refractivity (Wildman–Crippen MR) is 122 cm³/mol. The molecule has 1 fully saturated rings. The smallest absolute Gasteiger partial charge is 0.191 e. The van der Waals surface area contributed by atoms with Crippen LogP contribution in [0.5, 0.6) is 5.75 Å². The standard InChI is InChI=1S/C24H34N4O2/c1-3-25-24(27-17-23(29)20-11-7-13-22(15-20)30-2)26-16-21-12-8-14-28(21)18-19-9-5-4-6-10-19/h4-7,9-11,13,15,21,23,29H,3,8,12,14,16-18H2,1-2H3,(H2,25,26,27). The second-order valence-corrected chi connectivity index (χ2v) is 7.65. The normalized spacial score (nSPS) is 18.2. The van der Waals surface area contributed by atoms with Gasteiger partial charge in [-0.25, -0.2) is 0 Å². The Kier molecular flexibility index (Phi) is 8.53. The van der Waals surface area contributed by atoms with Gasteiger partial charge in [0.05, 0.1) is 19.8 Å². The Hall–Kier alpha value is -2.57. The van der Waals surface area contributed by atoms with E-state index in [1.54, 1.807) is 7.11 Å². The highest BCUT2D eigenvalue weighted by Crippen LogP contribution is 2.20. The van der Waals surface area contributed by atoms with Gasteiger partial charge in [0.2, 0.25) is 0 Å². The van der Waals surface area contributed by atoms with Gasteiger partial charge in [-0.1, -0.05) is 42.5 Å². The predicted octanol–water partition coefficient (Wildman–Crippen LogP) is 2.95. The molecule has 0 saturated carbocycles. The molecule has 1 aliphatic heterocycles. The minimum absolute atomic E-state index is 0.293. The molecule has 0 radical (unpaired) electrons. The van der Waals surface area contributed by atoms with Crippen LogP contribution < -0.4 is 15.4 Å². The molecule has 1 heterocycles. The lowest BCUT2D eigenvalue weighted by Gasteiger charge is -2.25. The van der Waals surface area contributed by atoms with E-state index in [4.69, 9.17) is 4.74 Å². The van der Waals surface area contributed by atoms with Gasteiger partial charge in [-0.3, -0.25) is 9.89 Å². The Balaban J connectivity index is 1.55. The van der Waals surface area contributed by atoms with Gasteiger partial charge < -0.3 is 20.5 Å². The highest BCUT2D eigenvalue weighted by molar-refractivity contribution is 5.79. The van der Waals surface area contributed by atoms with Crippen molar-refractivity contribution in [3.05, 3.63) is 65.7 Å². The summed E-state index contributed by atoms with van der Waals surface area (Å²) in [5.74, 6) is 1.48. The Morgan fingerprint density at radius 2 is 2.03 bits per heavy atom. The van der Waals surface area contributed by atoms with E-state index in [1.165, 1.54) is 18.4 Å². The van der Waals surface area contributed by atoms with Crippen LogP contribution in [0.1, 0.15) is 37.0 Å². The molecule has 1 aliphatic rings. The summed E-state index contributed by atoms with van der Waals surface area (Å²) in [5.41, 5.74) is 2.16. The molecule has 0 bridgehead atoms. The molecule has 0 aliphatic carbocycles. The summed E-state index contributed by atoms with van der Waals surface area (Å²) in [5, 5.41) is 17.3. The number of nitrogens with one attached hydrogen (secondary N) is 2. The molecular weight excluding hydrogens is 376 g/mol. The van der Waals surface area contributed by atoms with Crippen LogP contribution >= 0.6 is 0 Å². The number of guanidine groups is 1. The zero-order valence-corrected chi connectivity index (χ0v) is 18.1. The van der Waals surface area contributed by atoms with Gasteiger partial charge in [0.25, 0.3) is 0 Å². The molecule has 162 valence electrons. The number of methoxy groups -OCH3 is 1. The molecular formula is C24H34N4O2. The number of rotatable bonds is 9. The zero-order chi connectivity index (χ0) is 21.2. The van der Waals surface area contributed by atoms with Crippen molar-refractivity contribution in [2.24, 2.45) is 4.99 Å². The number of benzene rings is 2. The average molecular weight is 411 g/mol. The molecule has 2 aromatic carbocycles. The van der Waals surface area contributed by atoms with E-state index in [-0.39, 0.29) is 0 Å². The van der Waals surface area contributed by atoms with Gasteiger partial charge in [-0.05, 0) is 49.6 Å². The van der Waals surface area contributed by atoms with Gasteiger partial charge in [0.1, 0.15) is 5.75 Å². The molecule has 6 heteroatoms. The number of likely N-dealkylation sites (tertiary alicyclic amines) is 1. The van der Waals surface area contributed by atoms with Crippen molar-refractivity contribution in [1.82, 2.24) is 15.5 Å². The SMILES string of the molecule is CCNC(=NCC(O)c1cccc(OC)c1)NCC1CCCN1Cc1ccccc1. The Morgan fingerprint density at radius 1 is 1.20 bits per heavy atom. The van der Waals surface area contributed by atoms with Crippen LogP contribution in [0.4, 0.5) is 0 Å². The molecule has 0 aromatic heterocycles. The Labute approximate surface area is 180 Å². The van der Waals surface area contributed by atoms with Crippen LogP contribution in [0, 0.1) is 0 Å². The van der Waals surface area contributed by atoms with E-state index in [1.807, 2.05) is 31.2 Å². The molecule has 2 atom stereocenters. The van der Waals surface area contributed by atoms with Crippen LogP contribution in [0.2, 0.25) is 0 Å². The van der Waals surface area contributed by atoms with Gasteiger partial charge in [0, 0.05) is 25.7 Å². The van der Waals surface area contributed by atoms with Crippen molar-refractivity contribution in [1.29, 1.82) is 0 Å². The molecule has 30 heavy (non-hydrogen) atoms. The van der Waals surface area contributed by atoms with Crippen LogP contribution in [-0.2, 0) is 6.54 Å². The van der Waals surface area contributed by atoms with Crippen molar-refractivity contribution in [3.63, 3.8) is 0 Å². The van der Waals surface area contributed by atoms with E-state index in [2.05, 4.69) is 50.9 Å². The molecule has 2 aromatic rings. The first-order valence-electron chi connectivity index (χ1n) is 10.8. The second-order valence-electron chi connectivity index (χ2n) is 7.65. The summed E-state index contributed by atoms with van der Waals surface area (Å²) in [7, 11) is 1.63. The van der Waals surface area contributed by atoms with Gasteiger partial charge in [-0.15, -0.1) is 0 Å². The Morgan fingerprint density at radius 3 is 2.80 bits per heavy atom. The molecule has 1 saturated heterocycles. The topological polar surface area (TPSA) is 69.1 Å². The monoisotopic (exact) mass is 410 g/mol. The zero-order valence-electron chi connectivity index (χ0n) is 18.1. The number of hydrogen-bond acceptors (Lipinski definition) is 4. The summed E-state index contributed by atoms with van der Waals surface area (Å²) in [6, 6.07) is 18.6. The van der Waals surface area contributed by atoms with Crippen molar-refractivity contribution in [2.75, 3.05) is 33.3 Å². The lowest BCUT2D eigenvalue weighted by molar-refractivity contribution is 0.186. The minimum Gasteiger partial charge on any atom is -0.497 e. The van der Waals surface area contributed by atoms with Crippen molar-refractivity contribution in [3.8, 4) is 5.75 Å². The van der Waals surface area contributed by atoms with Crippen LogP contribution in [-0.4, -0.2) is 55.3 Å². The third kappa shape index (κ3) is 6.47. The second kappa shape index (κ2) is 11.6. The maximum Gasteiger partial charge on any atom is 0.191 e. The van der Waals surface area contributed by atoms with Gasteiger partial charge in [-0.2, -0.15) is 0 Å². The summed E-state index contributed by atoms with van der Waals surface area (Å²) >= 11 is 0. The quantitative estimate of drug-likeness (QED) is 0.438. The lowest BCUT2D eigenvalue weighted by Crippen LogP contribution is -2.44. The van der Waals surface area contributed by atoms with Crippen molar-refractivity contribution < 1.29 is 9.84 Å². The van der Waals surface area contributed by atoms with Crippen LogP contribution in [0.3, 0.4) is 0 Å². The molecule has 0 spiro atoms. The van der Waals surface area contributed by atoms with E-state index in [0.29, 0.717) is 12.6 Å². The maximum atomic E-state index is 10.5. The largest absolute Gasteiger partial charge is 0.497 e. The Bertz CT molecular complexity index is 797. The number of ether oxygens (including phenoxy) is 1. The van der Waals surface area contributed by atoms with Gasteiger partial charge in [0.15, 0.2) is 5.96 Å². The molecule has 3 rings (SSSR count). The number of aliphatic hydroxyl groups excluding tert-OH is 1. The van der Waals surface area contributed by atoms with Crippen molar-refractivity contribution >= 4 is 5.96 Å². The van der Waals surface area contributed by atoms with Gasteiger partial charge >= 0.3 is 0 Å². The highest BCUT2D eigenvalue weighted by atomic mass is 16.5. The van der Waals surface area contributed by atoms with Crippen LogP contribution in [0.25, 0.3) is 0 Å². The molecule has 2 unspecified atom stereocenters. The van der Waals surface area contributed by atoms with E-state index in [9.17, 15) is 5.11 Å². The number of aliphatic imine (C=N–C) groups is 1. The summed E-state index contributed by atoms with van der Waals surface area (Å²) in [6.07, 6.45) is 1.74. The lowest BCUT2D eigenvalue weighted by atomic mass is 10.1. The van der Waals surface area contributed by atoms with Crippen molar-refractivity contribution in [2.45, 2.75) is 38.5 Å². The fourth-order valence-corrected chi connectivity index (χ4v) is 3.84. The summed E-state index contributed by atoms with van der Waals surface area (Å²) in [6.45, 7) is 6.07. The summed E-state index contributed by atoms with van der Waals surface area (Å²) < 4.78 is 5.24. The summed E-state index contributed by atoms with van der Waals surface area (Å²) in [4.78, 5) is 7.14. The number of nitrogens with zero attached hydrogens (tertiary/aromatic N) is 2. The number of hydrogen-bond donors (Lipinski definition) is 3. The third-order valence-electron chi connectivity index (χ3n) is 5.48. The molecule has 0 amide bonds. The molecule has 6 nitrogen and oxygen atoms in total. The molecule has 3 N–H and O–H groups in total. The minimum atomic E-state index is -0.670. The fraction of sp³-hybridized carbons (Fsp3) is 0.458. The van der Waals surface area contributed by atoms with E-state index >= 15 is 0 Å². The first kappa shape index (κ1) is 22.1. The van der Waals surface area contributed by atoms with E-state index < -0.39 is 6.10 Å². The third-order valence-corrected chi connectivity index (χ3v) is 5.48. The first-order valence-corrected chi connectivity index (χ1v) is 10.8. The number of aliphatic hydroxyl groups is 1. The highest BCUT2D eigenvalue weighted by Gasteiger charge is 2.24. The maximum absolute atomic E-state index is 10.5. The van der Waals surface area contributed by atoms with E-state index in [0.717, 1.165) is 43.5 Å². The average Bonchev–Trinajstić information content (AvgIpc) is 3.23. The first-order chi connectivity index (χ1) is 14.7. The van der Waals surface area contributed by atoms with Crippen LogP contribution in [0.15, 0.2) is 59.6 Å².